The van der Waals surface area contributed by atoms with Crippen LogP contribution in [0.5, 0.6) is 0 Å². The van der Waals surface area contributed by atoms with Gasteiger partial charge in [0, 0.05) is 11.1 Å². The standard InChI is InChI=1S/C17H21NOS/c1-10(19)15-9-12-7-11-8-13(17(2,3)4)5-6-14(11)18-16(12)20-15/h7,9,13H,5-6,8H2,1-4H3. The van der Waals surface area contributed by atoms with Crippen molar-refractivity contribution in [3.63, 3.8) is 0 Å². The molecule has 1 atom stereocenters. The summed E-state index contributed by atoms with van der Waals surface area (Å²) in [6, 6.07) is 4.26. The Balaban J connectivity index is 2.02. The van der Waals surface area contributed by atoms with E-state index in [4.69, 9.17) is 4.98 Å². The van der Waals surface area contributed by atoms with Gasteiger partial charge in [-0.15, -0.1) is 11.3 Å². The maximum atomic E-state index is 11.5. The molecule has 20 heavy (non-hydrogen) atoms. The van der Waals surface area contributed by atoms with Crippen molar-refractivity contribution in [1.82, 2.24) is 4.98 Å². The van der Waals surface area contributed by atoms with E-state index in [1.165, 1.54) is 29.0 Å². The highest BCUT2D eigenvalue weighted by atomic mass is 32.1. The number of thiophene rings is 1. The van der Waals surface area contributed by atoms with Gasteiger partial charge in [-0.2, -0.15) is 0 Å². The van der Waals surface area contributed by atoms with Crippen LogP contribution >= 0.6 is 11.3 Å². The molecule has 0 aliphatic heterocycles. The fourth-order valence-corrected chi connectivity index (χ4v) is 3.97. The second-order valence-corrected chi connectivity index (χ2v) is 7.99. The SMILES string of the molecule is CC(=O)c1cc2cc3c(nc2s1)CCC(C(C)(C)C)C3. The number of rotatable bonds is 1. The lowest BCUT2D eigenvalue weighted by molar-refractivity contribution is 0.102. The van der Waals surface area contributed by atoms with Crippen molar-refractivity contribution in [2.24, 2.45) is 11.3 Å². The first-order valence-electron chi connectivity index (χ1n) is 7.28. The third-order valence-corrected chi connectivity index (χ3v) is 5.59. The maximum Gasteiger partial charge on any atom is 0.169 e. The Morgan fingerprint density at radius 2 is 2.10 bits per heavy atom. The monoisotopic (exact) mass is 287 g/mol. The van der Waals surface area contributed by atoms with Gasteiger partial charge in [-0.05, 0) is 55.2 Å². The second kappa shape index (κ2) is 4.66. The van der Waals surface area contributed by atoms with Crippen LogP contribution in [0, 0.1) is 11.3 Å². The van der Waals surface area contributed by atoms with Gasteiger partial charge in [-0.3, -0.25) is 4.79 Å². The Bertz CT molecular complexity index is 678. The highest BCUT2D eigenvalue weighted by Gasteiger charge is 2.29. The number of aryl methyl sites for hydroxylation is 1. The van der Waals surface area contributed by atoms with Crippen molar-refractivity contribution >= 4 is 27.3 Å². The van der Waals surface area contributed by atoms with Crippen LogP contribution in [-0.2, 0) is 12.8 Å². The predicted molar refractivity (Wildman–Crippen MR) is 84.6 cm³/mol. The van der Waals surface area contributed by atoms with Crippen molar-refractivity contribution in [3.05, 3.63) is 28.3 Å². The summed E-state index contributed by atoms with van der Waals surface area (Å²) < 4.78 is 0. The van der Waals surface area contributed by atoms with Crippen LogP contribution in [0.15, 0.2) is 12.1 Å². The summed E-state index contributed by atoms with van der Waals surface area (Å²) >= 11 is 1.52. The molecule has 2 aromatic heterocycles. The quantitative estimate of drug-likeness (QED) is 0.715. The molecule has 0 saturated heterocycles. The fraction of sp³-hybridized carbons (Fsp3) is 0.529. The number of nitrogens with zero attached hydrogens (tertiary/aromatic N) is 1. The zero-order valence-electron chi connectivity index (χ0n) is 12.6. The molecular weight excluding hydrogens is 266 g/mol. The van der Waals surface area contributed by atoms with Gasteiger partial charge in [-0.1, -0.05) is 20.8 Å². The molecule has 0 amide bonds. The summed E-state index contributed by atoms with van der Waals surface area (Å²) in [5.41, 5.74) is 2.98. The molecule has 0 fully saturated rings. The Labute approximate surface area is 124 Å². The molecule has 1 aliphatic rings. The number of ketones is 1. The molecule has 2 heterocycles. The molecule has 3 heteroatoms. The van der Waals surface area contributed by atoms with Crippen molar-refractivity contribution in [2.75, 3.05) is 0 Å². The van der Waals surface area contributed by atoms with E-state index in [0.29, 0.717) is 5.41 Å². The van der Waals surface area contributed by atoms with Gasteiger partial charge in [0.1, 0.15) is 4.83 Å². The molecule has 1 unspecified atom stereocenters. The van der Waals surface area contributed by atoms with E-state index >= 15 is 0 Å². The summed E-state index contributed by atoms with van der Waals surface area (Å²) in [5.74, 6) is 0.860. The zero-order valence-corrected chi connectivity index (χ0v) is 13.4. The predicted octanol–water partition coefficient (Wildman–Crippen LogP) is 4.65. The molecular formula is C17H21NOS. The van der Waals surface area contributed by atoms with Gasteiger partial charge in [0.15, 0.2) is 5.78 Å². The lowest BCUT2D eigenvalue weighted by atomic mass is 9.71. The number of hydrogen-bond acceptors (Lipinski definition) is 3. The third kappa shape index (κ3) is 2.39. The summed E-state index contributed by atoms with van der Waals surface area (Å²) in [7, 11) is 0. The van der Waals surface area contributed by atoms with Gasteiger partial charge < -0.3 is 0 Å². The van der Waals surface area contributed by atoms with E-state index in [-0.39, 0.29) is 5.78 Å². The number of carbonyl (C=O) groups is 1. The Hall–Kier alpha value is -1.22. The van der Waals surface area contributed by atoms with E-state index in [9.17, 15) is 4.79 Å². The lowest BCUT2D eigenvalue weighted by Crippen LogP contribution is -2.27. The first-order valence-corrected chi connectivity index (χ1v) is 8.09. The average molecular weight is 287 g/mol. The number of fused-ring (bicyclic) bond motifs is 2. The molecule has 0 bridgehead atoms. The second-order valence-electron chi connectivity index (χ2n) is 6.96. The van der Waals surface area contributed by atoms with Crippen LogP contribution in [0.25, 0.3) is 10.2 Å². The number of carbonyl (C=O) groups excluding carboxylic acids is 1. The average Bonchev–Trinajstić information content (AvgIpc) is 2.77. The number of aromatic nitrogens is 1. The minimum atomic E-state index is 0.138. The topological polar surface area (TPSA) is 30.0 Å². The van der Waals surface area contributed by atoms with Gasteiger partial charge in [0.05, 0.1) is 4.88 Å². The Morgan fingerprint density at radius 1 is 1.35 bits per heavy atom. The number of Topliss-reactive ketones (excluding diaryl/α,β-unsaturated/α-hetero) is 1. The largest absolute Gasteiger partial charge is 0.294 e. The minimum absolute atomic E-state index is 0.138. The van der Waals surface area contributed by atoms with E-state index in [2.05, 4.69) is 26.8 Å². The third-order valence-electron chi connectivity index (χ3n) is 4.44. The maximum absolute atomic E-state index is 11.5. The van der Waals surface area contributed by atoms with Gasteiger partial charge in [0.2, 0.25) is 0 Å². The highest BCUT2D eigenvalue weighted by molar-refractivity contribution is 7.20. The zero-order chi connectivity index (χ0) is 14.5. The van der Waals surface area contributed by atoms with E-state index < -0.39 is 0 Å². The first-order chi connectivity index (χ1) is 9.34. The van der Waals surface area contributed by atoms with E-state index in [1.807, 2.05) is 6.07 Å². The molecule has 0 N–H and O–H groups in total. The van der Waals surface area contributed by atoms with Crippen molar-refractivity contribution in [1.29, 1.82) is 0 Å². The molecule has 0 spiro atoms. The summed E-state index contributed by atoms with van der Waals surface area (Å²) in [6.45, 7) is 8.60. The van der Waals surface area contributed by atoms with Gasteiger partial charge >= 0.3 is 0 Å². The van der Waals surface area contributed by atoms with Crippen molar-refractivity contribution < 1.29 is 4.79 Å². The Morgan fingerprint density at radius 3 is 2.75 bits per heavy atom. The molecule has 0 radical (unpaired) electrons. The van der Waals surface area contributed by atoms with Crippen molar-refractivity contribution in [2.45, 2.75) is 47.0 Å². The van der Waals surface area contributed by atoms with Crippen LogP contribution in [0.1, 0.15) is 55.0 Å². The van der Waals surface area contributed by atoms with E-state index in [0.717, 1.165) is 33.9 Å². The smallest absolute Gasteiger partial charge is 0.169 e. The lowest BCUT2D eigenvalue weighted by Gasteiger charge is -2.34. The van der Waals surface area contributed by atoms with E-state index in [1.54, 1.807) is 6.92 Å². The normalized spacial score (nSPS) is 19.1. The Kier molecular flexibility index (Phi) is 3.20. The highest BCUT2D eigenvalue weighted by Crippen LogP contribution is 2.38. The summed E-state index contributed by atoms with van der Waals surface area (Å²) in [6.07, 6.45) is 3.41. The van der Waals surface area contributed by atoms with Crippen molar-refractivity contribution in [3.8, 4) is 0 Å². The van der Waals surface area contributed by atoms with Crippen LogP contribution in [0.2, 0.25) is 0 Å². The molecule has 0 saturated carbocycles. The molecule has 0 aromatic carbocycles. The van der Waals surface area contributed by atoms with Gasteiger partial charge in [0.25, 0.3) is 0 Å². The minimum Gasteiger partial charge on any atom is -0.294 e. The van der Waals surface area contributed by atoms with Crippen LogP contribution in [-0.4, -0.2) is 10.8 Å². The molecule has 2 nitrogen and oxygen atoms in total. The summed E-state index contributed by atoms with van der Waals surface area (Å²) in [5, 5.41) is 1.13. The molecule has 1 aliphatic carbocycles. The number of pyridine rings is 1. The van der Waals surface area contributed by atoms with Crippen LogP contribution in [0.3, 0.4) is 0 Å². The van der Waals surface area contributed by atoms with Crippen LogP contribution < -0.4 is 0 Å². The molecule has 3 rings (SSSR count). The van der Waals surface area contributed by atoms with Gasteiger partial charge in [-0.25, -0.2) is 4.98 Å². The number of hydrogen-bond donors (Lipinski definition) is 0. The summed E-state index contributed by atoms with van der Waals surface area (Å²) in [4.78, 5) is 18.1. The van der Waals surface area contributed by atoms with Crippen LogP contribution in [0.4, 0.5) is 0 Å². The first kappa shape index (κ1) is 13.7. The molecule has 2 aromatic rings. The molecule has 106 valence electrons. The fourth-order valence-electron chi connectivity index (χ4n) is 3.04.